The van der Waals surface area contributed by atoms with E-state index in [2.05, 4.69) is 25.2 Å². The van der Waals surface area contributed by atoms with Crippen molar-refractivity contribution in [3.63, 3.8) is 0 Å². The molecule has 2 rings (SSSR count). The van der Waals surface area contributed by atoms with Gasteiger partial charge in [0.15, 0.2) is 0 Å². The summed E-state index contributed by atoms with van der Waals surface area (Å²) in [7, 11) is 0. The molecule has 0 spiro atoms. The first kappa shape index (κ1) is 27.7. The number of aliphatic hydroxyl groups excluding tert-OH is 1. The molecule has 0 aliphatic heterocycles. The lowest BCUT2D eigenvalue weighted by molar-refractivity contribution is -0.122. The number of carbonyl (C=O) groups is 2. The van der Waals surface area contributed by atoms with Crippen LogP contribution in [-0.2, 0) is 9.59 Å². The van der Waals surface area contributed by atoms with Gasteiger partial charge in [-0.1, -0.05) is 55.8 Å². The molecular formula is C29H37N3O3. The van der Waals surface area contributed by atoms with E-state index in [9.17, 15) is 14.7 Å². The van der Waals surface area contributed by atoms with E-state index < -0.39 is 0 Å². The summed E-state index contributed by atoms with van der Waals surface area (Å²) < 4.78 is 0. The first-order valence-corrected chi connectivity index (χ1v) is 12.2. The van der Waals surface area contributed by atoms with Crippen LogP contribution in [0.2, 0.25) is 0 Å². The number of hydrogen-bond donors (Lipinski definition) is 3. The monoisotopic (exact) mass is 475 g/mol. The maximum Gasteiger partial charge on any atom is 0.227 e. The van der Waals surface area contributed by atoms with E-state index in [1.54, 1.807) is 24.3 Å². The number of nitrogens with one attached hydrogen (secondary N) is 2. The molecule has 3 N–H and O–H groups in total. The number of rotatable bonds is 12. The molecule has 0 aliphatic carbocycles. The van der Waals surface area contributed by atoms with Gasteiger partial charge < -0.3 is 20.7 Å². The van der Waals surface area contributed by atoms with Crippen LogP contribution in [0, 0.1) is 5.41 Å². The van der Waals surface area contributed by atoms with E-state index in [0.717, 1.165) is 23.1 Å². The van der Waals surface area contributed by atoms with Crippen LogP contribution in [0.4, 0.5) is 11.4 Å². The van der Waals surface area contributed by atoms with E-state index in [4.69, 9.17) is 5.41 Å². The number of amides is 2. The van der Waals surface area contributed by atoms with Crippen molar-refractivity contribution >= 4 is 34.5 Å². The Labute approximate surface area is 208 Å². The second-order valence-corrected chi connectivity index (χ2v) is 8.37. The normalized spacial score (nSPS) is 11.8. The van der Waals surface area contributed by atoms with Gasteiger partial charge in [0.25, 0.3) is 0 Å². The predicted molar refractivity (Wildman–Crippen MR) is 145 cm³/mol. The molecule has 0 unspecified atom stereocenters. The average Bonchev–Trinajstić information content (AvgIpc) is 2.88. The van der Waals surface area contributed by atoms with Gasteiger partial charge in [-0.2, -0.15) is 0 Å². The van der Waals surface area contributed by atoms with Gasteiger partial charge in [-0.15, -0.1) is 0 Å². The van der Waals surface area contributed by atoms with Crippen molar-refractivity contribution in [3.05, 3.63) is 77.4 Å². The summed E-state index contributed by atoms with van der Waals surface area (Å²) in [6.45, 7) is 8.09. The largest absolute Gasteiger partial charge is 0.395 e. The fraction of sp³-hybridized carbons (Fsp3) is 0.345. The highest BCUT2D eigenvalue weighted by Crippen LogP contribution is 2.25. The van der Waals surface area contributed by atoms with Gasteiger partial charge in [0, 0.05) is 36.5 Å². The highest BCUT2D eigenvalue weighted by Gasteiger charge is 2.17. The Balaban J connectivity index is 2.07. The molecule has 35 heavy (non-hydrogen) atoms. The third kappa shape index (κ3) is 8.34. The van der Waals surface area contributed by atoms with Crippen LogP contribution in [0.15, 0.2) is 66.3 Å². The zero-order chi connectivity index (χ0) is 25.8. The maximum atomic E-state index is 13.0. The molecule has 0 fully saturated rings. The SMILES string of the molecule is CC=C(C=C(C)CC)c1cccc(N(CCO)C(=O)CCC(=O)Nc2ccc(C(=N)CC)cc2)c1. The lowest BCUT2D eigenvalue weighted by atomic mass is 10.0. The van der Waals surface area contributed by atoms with Crippen molar-refractivity contribution in [2.45, 2.75) is 53.4 Å². The Kier molecular flexibility index (Phi) is 11.1. The summed E-state index contributed by atoms with van der Waals surface area (Å²) in [6, 6.07) is 14.8. The standard InChI is InChI=1S/C29H37N3O3/c1-5-21(4)19-22(6-2)24-9-8-10-26(20-24)32(17-18-33)29(35)16-15-28(34)31-25-13-11-23(12-14-25)27(30)7-3/h6,8-14,19-20,30,33H,5,7,15-18H2,1-4H3,(H,31,34). The Bertz CT molecular complexity index is 1080. The smallest absolute Gasteiger partial charge is 0.227 e. The van der Waals surface area contributed by atoms with E-state index in [0.29, 0.717) is 23.5 Å². The van der Waals surface area contributed by atoms with Crippen LogP contribution in [-0.4, -0.2) is 35.8 Å². The zero-order valence-corrected chi connectivity index (χ0v) is 21.2. The molecular weight excluding hydrogens is 438 g/mol. The second kappa shape index (κ2) is 14.0. The molecule has 0 radical (unpaired) electrons. The molecule has 6 heteroatoms. The molecule has 0 saturated carbocycles. The fourth-order valence-corrected chi connectivity index (χ4v) is 3.59. The average molecular weight is 476 g/mol. The third-order valence-electron chi connectivity index (χ3n) is 5.82. The van der Waals surface area contributed by atoms with Gasteiger partial charge in [0.1, 0.15) is 0 Å². The van der Waals surface area contributed by atoms with Crippen molar-refractivity contribution in [3.8, 4) is 0 Å². The van der Waals surface area contributed by atoms with Crippen molar-refractivity contribution in [1.29, 1.82) is 5.41 Å². The number of aliphatic hydroxyl groups is 1. The third-order valence-corrected chi connectivity index (χ3v) is 5.82. The Hall–Kier alpha value is -3.51. The summed E-state index contributed by atoms with van der Waals surface area (Å²) in [4.78, 5) is 27.0. The quantitative estimate of drug-likeness (QED) is 0.261. The molecule has 0 atom stereocenters. The number of allylic oxidation sites excluding steroid dienone is 4. The van der Waals surface area contributed by atoms with Gasteiger partial charge in [-0.25, -0.2) is 0 Å². The van der Waals surface area contributed by atoms with Crippen molar-refractivity contribution in [2.75, 3.05) is 23.4 Å². The second-order valence-electron chi connectivity index (χ2n) is 8.37. The van der Waals surface area contributed by atoms with Gasteiger partial charge in [-0.05, 0) is 67.7 Å². The first-order valence-electron chi connectivity index (χ1n) is 12.2. The van der Waals surface area contributed by atoms with Crippen molar-refractivity contribution in [2.24, 2.45) is 0 Å². The van der Waals surface area contributed by atoms with Crippen LogP contribution in [0.3, 0.4) is 0 Å². The molecule has 0 saturated heterocycles. The Morgan fingerprint density at radius 3 is 2.34 bits per heavy atom. The van der Waals surface area contributed by atoms with Crippen LogP contribution in [0.25, 0.3) is 5.57 Å². The fourth-order valence-electron chi connectivity index (χ4n) is 3.59. The lowest BCUT2D eigenvalue weighted by Gasteiger charge is -2.23. The Morgan fingerprint density at radius 2 is 1.74 bits per heavy atom. The first-order chi connectivity index (χ1) is 16.8. The number of nitrogens with zero attached hydrogens (tertiary/aromatic N) is 1. The predicted octanol–water partition coefficient (Wildman–Crippen LogP) is 5.97. The highest BCUT2D eigenvalue weighted by atomic mass is 16.3. The van der Waals surface area contributed by atoms with E-state index in [-0.39, 0.29) is 37.8 Å². The van der Waals surface area contributed by atoms with Crippen molar-refractivity contribution < 1.29 is 14.7 Å². The van der Waals surface area contributed by atoms with E-state index in [1.807, 2.05) is 44.2 Å². The lowest BCUT2D eigenvalue weighted by Crippen LogP contribution is -2.34. The Morgan fingerprint density at radius 1 is 1.03 bits per heavy atom. The summed E-state index contributed by atoms with van der Waals surface area (Å²) in [5.41, 5.74) is 6.01. The van der Waals surface area contributed by atoms with Gasteiger partial charge >= 0.3 is 0 Å². The van der Waals surface area contributed by atoms with E-state index >= 15 is 0 Å². The van der Waals surface area contributed by atoms with Crippen molar-refractivity contribution in [1.82, 2.24) is 0 Å². The molecule has 0 aliphatic rings. The number of hydrogen-bond acceptors (Lipinski definition) is 4. The summed E-state index contributed by atoms with van der Waals surface area (Å²) in [5.74, 6) is -0.480. The van der Waals surface area contributed by atoms with Gasteiger partial charge in [0.05, 0.1) is 6.61 Å². The molecule has 2 aromatic carbocycles. The van der Waals surface area contributed by atoms with Gasteiger partial charge in [0.2, 0.25) is 11.8 Å². The minimum absolute atomic E-state index is 0.0277. The molecule has 6 nitrogen and oxygen atoms in total. The molecule has 2 amide bonds. The zero-order valence-electron chi connectivity index (χ0n) is 21.2. The topological polar surface area (TPSA) is 93.5 Å². The minimum atomic E-state index is -0.259. The number of anilines is 2. The van der Waals surface area contributed by atoms with E-state index in [1.165, 1.54) is 10.5 Å². The van der Waals surface area contributed by atoms with Crippen LogP contribution in [0.5, 0.6) is 0 Å². The molecule has 0 heterocycles. The number of benzene rings is 2. The summed E-state index contributed by atoms with van der Waals surface area (Å²) in [5, 5.41) is 20.3. The molecule has 186 valence electrons. The summed E-state index contributed by atoms with van der Waals surface area (Å²) in [6.07, 6.45) is 5.84. The summed E-state index contributed by atoms with van der Waals surface area (Å²) >= 11 is 0. The minimum Gasteiger partial charge on any atom is -0.395 e. The molecule has 0 bridgehead atoms. The maximum absolute atomic E-state index is 13.0. The molecule has 2 aromatic rings. The number of carbonyl (C=O) groups excluding carboxylic acids is 2. The van der Waals surface area contributed by atoms with Crippen LogP contribution < -0.4 is 10.2 Å². The van der Waals surface area contributed by atoms with Gasteiger partial charge in [-0.3, -0.25) is 9.59 Å². The molecule has 0 aromatic heterocycles. The highest BCUT2D eigenvalue weighted by molar-refractivity contribution is 6.00. The van der Waals surface area contributed by atoms with Crippen LogP contribution in [0.1, 0.15) is 64.5 Å². The van der Waals surface area contributed by atoms with Crippen LogP contribution >= 0.6 is 0 Å².